The predicted octanol–water partition coefficient (Wildman–Crippen LogP) is 2.22. The molecule has 0 unspecified atom stereocenters. The molecule has 1 saturated carbocycles. The maximum atomic E-state index is 12.7. The summed E-state index contributed by atoms with van der Waals surface area (Å²) < 4.78 is 12.7. The molecule has 1 heterocycles. The molecule has 0 spiro atoms. The Morgan fingerprint density at radius 2 is 2.29 bits per heavy atom. The molecule has 1 aromatic heterocycles. The molecule has 1 aromatic rings. The monoisotopic (exact) mass is 195 g/mol. The van der Waals surface area contributed by atoms with Crippen molar-refractivity contribution in [2.24, 2.45) is 5.41 Å². The summed E-state index contributed by atoms with van der Waals surface area (Å²) in [4.78, 5) is 7.34. The lowest BCUT2D eigenvalue weighted by Gasteiger charge is -2.13. The van der Waals surface area contributed by atoms with Crippen molar-refractivity contribution in [3.63, 3.8) is 0 Å². The van der Waals surface area contributed by atoms with Gasteiger partial charge < -0.3 is 5.32 Å². The first-order valence-corrected chi connectivity index (χ1v) is 4.95. The molecule has 0 saturated heterocycles. The van der Waals surface area contributed by atoms with Crippen LogP contribution in [0.5, 0.6) is 0 Å². The molecule has 0 atom stereocenters. The lowest BCUT2D eigenvalue weighted by atomic mass is 10.0. The molecule has 76 valence electrons. The summed E-state index contributed by atoms with van der Waals surface area (Å²) in [6, 6.07) is 1.33. The van der Waals surface area contributed by atoms with Crippen molar-refractivity contribution >= 4 is 5.82 Å². The number of nitrogens with one attached hydrogen (secondary N) is 1. The van der Waals surface area contributed by atoms with E-state index >= 15 is 0 Å². The van der Waals surface area contributed by atoms with Gasteiger partial charge in [-0.05, 0) is 24.7 Å². The summed E-state index contributed by atoms with van der Waals surface area (Å²) in [5, 5.41) is 3.15. The van der Waals surface area contributed by atoms with Crippen LogP contribution in [0.25, 0.3) is 0 Å². The highest BCUT2D eigenvalue weighted by molar-refractivity contribution is 5.33. The quantitative estimate of drug-likeness (QED) is 0.748. The van der Waals surface area contributed by atoms with Crippen LogP contribution >= 0.6 is 0 Å². The minimum absolute atomic E-state index is 0.446. The van der Waals surface area contributed by atoms with E-state index in [0.717, 1.165) is 6.54 Å². The summed E-state index contributed by atoms with van der Waals surface area (Å²) in [5.74, 6) is 0.0982. The van der Waals surface area contributed by atoms with E-state index in [1.165, 1.54) is 31.7 Å². The van der Waals surface area contributed by atoms with Crippen LogP contribution in [0.4, 0.5) is 10.2 Å². The van der Waals surface area contributed by atoms with E-state index in [1.807, 2.05) is 0 Å². The van der Waals surface area contributed by atoms with Crippen LogP contribution in [-0.2, 0) is 0 Å². The first kappa shape index (κ1) is 9.37. The SMILES string of the molecule is CCC1(CNc2cc(F)ncn2)CC1. The standard InChI is InChI=1S/C10H14FN3/c1-2-10(3-4-10)6-12-9-5-8(11)13-7-14-9/h5,7H,2-4,6H2,1H3,(H,12,13,14). The zero-order valence-electron chi connectivity index (χ0n) is 8.26. The van der Waals surface area contributed by atoms with Gasteiger partial charge in [0.15, 0.2) is 0 Å². The molecule has 3 nitrogen and oxygen atoms in total. The second kappa shape index (κ2) is 3.52. The van der Waals surface area contributed by atoms with E-state index in [4.69, 9.17) is 0 Å². The lowest BCUT2D eigenvalue weighted by Crippen LogP contribution is -2.15. The number of nitrogens with zero attached hydrogens (tertiary/aromatic N) is 2. The van der Waals surface area contributed by atoms with Crippen molar-refractivity contribution in [2.75, 3.05) is 11.9 Å². The molecule has 0 aliphatic heterocycles. The van der Waals surface area contributed by atoms with E-state index in [-0.39, 0.29) is 0 Å². The number of aromatic nitrogens is 2. The fourth-order valence-electron chi connectivity index (χ4n) is 1.54. The van der Waals surface area contributed by atoms with Gasteiger partial charge in [-0.2, -0.15) is 4.39 Å². The van der Waals surface area contributed by atoms with Gasteiger partial charge in [0, 0.05) is 12.6 Å². The molecule has 1 aliphatic rings. The molecule has 1 aliphatic carbocycles. The Labute approximate surface area is 82.8 Å². The van der Waals surface area contributed by atoms with Gasteiger partial charge in [0.2, 0.25) is 5.95 Å². The molecule has 4 heteroatoms. The van der Waals surface area contributed by atoms with Gasteiger partial charge in [-0.15, -0.1) is 0 Å². The molecule has 1 N–H and O–H groups in total. The van der Waals surface area contributed by atoms with Crippen LogP contribution in [0.2, 0.25) is 0 Å². The van der Waals surface area contributed by atoms with E-state index in [1.54, 1.807) is 0 Å². The van der Waals surface area contributed by atoms with Crippen molar-refractivity contribution in [3.8, 4) is 0 Å². The van der Waals surface area contributed by atoms with Crippen LogP contribution in [0, 0.1) is 11.4 Å². The van der Waals surface area contributed by atoms with Crippen molar-refractivity contribution in [1.29, 1.82) is 0 Å². The zero-order valence-corrected chi connectivity index (χ0v) is 8.26. The minimum Gasteiger partial charge on any atom is -0.369 e. The minimum atomic E-state index is -0.483. The van der Waals surface area contributed by atoms with E-state index in [0.29, 0.717) is 11.2 Å². The van der Waals surface area contributed by atoms with E-state index < -0.39 is 5.95 Å². The number of anilines is 1. The van der Waals surface area contributed by atoms with Gasteiger partial charge in [0.05, 0.1) is 0 Å². The zero-order chi connectivity index (χ0) is 10.0. The van der Waals surface area contributed by atoms with Gasteiger partial charge in [-0.25, -0.2) is 9.97 Å². The highest BCUT2D eigenvalue weighted by atomic mass is 19.1. The topological polar surface area (TPSA) is 37.8 Å². The largest absolute Gasteiger partial charge is 0.369 e. The summed E-state index contributed by atoms with van der Waals surface area (Å²) in [7, 11) is 0. The molecule has 14 heavy (non-hydrogen) atoms. The molecular weight excluding hydrogens is 181 g/mol. The summed E-state index contributed by atoms with van der Waals surface area (Å²) in [6.45, 7) is 3.08. The smallest absolute Gasteiger partial charge is 0.217 e. The maximum Gasteiger partial charge on any atom is 0.217 e. The first-order valence-electron chi connectivity index (χ1n) is 4.95. The second-order valence-corrected chi connectivity index (χ2v) is 3.93. The van der Waals surface area contributed by atoms with Crippen molar-refractivity contribution in [2.45, 2.75) is 26.2 Å². The lowest BCUT2D eigenvalue weighted by molar-refractivity contribution is 0.519. The molecule has 0 radical (unpaired) electrons. The normalized spacial score (nSPS) is 17.9. The van der Waals surface area contributed by atoms with Crippen LogP contribution in [0.3, 0.4) is 0 Å². The Morgan fingerprint density at radius 1 is 1.50 bits per heavy atom. The molecule has 0 amide bonds. The third kappa shape index (κ3) is 2.00. The fraction of sp³-hybridized carbons (Fsp3) is 0.600. The Kier molecular flexibility index (Phi) is 2.35. The van der Waals surface area contributed by atoms with Gasteiger partial charge in [0.1, 0.15) is 12.1 Å². The maximum absolute atomic E-state index is 12.7. The van der Waals surface area contributed by atoms with Crippen molar-refractivity contribution < 1.29 is 4.39 Å². The Hall–Kier alpha value is -1.19. The van der Waals surface area contributed by atoms with Crippen LogP contribution in [0.15, 0.2) is 12.4 Å². The van der Waals surface area contributed by atoms with Crippen molar-refractivity contribution in [3.05, 3.63) is 18.3 Å². The third-order valence-electron chi connectivity index (χ3n) is 2.99. The fourth-order valence-corrected chi connectivity index (χ4v) is 1.54. The van der Waals surface area contributed by atoms with E-state index in [2.05, 4.69) is 22.2 Å². The van der Waals surface area contributed by atoms with Gasteiger partial charge >= 0.3 is 0 Å². The Morgan fingerprint density at radius 3 is 2.86 bits per heavy atom. The predicted molar refractivity (Wildman–Crippen MR) is 52.4 cm³/mol. The van der Waals surface area contributed by atoms with Gasteiger partial charge in [-0.1, -0.05) is 6.92 Å². The average molecular weight is 195 g/mol. The summed E-state index contributed by atoms with van der Waals surface area (Å²) in [5.41, 5.74) is 0.446. The molecule has 2 rings (SSSR count). The van der Waals surface area contributed by atoms with E-state index in [9.17, 15) is 4.39 Å². The summed E-state index contributed by atoms with van der Waals surface area (Å²) >= 11 is 0. The number of hydrogen-bond acceptors (Lipinski definition) is 3. The second-order valence-electron chi connectivity index (χ2n) is 3.93. The van der Waals surface area contributed by atoms with Crippen molar-refractivity contribution in [1.82, 2.24) is 9.97 Å². The highest BCUT2D eigenvalue weighted by Gasteiger charge is 2.40. The van der Waals surface area contributed by atoms with Gasteiger partial charge in [-0.3, -0.25) is 0 Å². The molecular formula is C10H14FN3. The molecule has 1 fully saturated rings. The van der Waals surface area contributed by atoms with Crippen LogP contribution in [0.1, 0.15) is 26.2 Å². The average Bonchev–Trinajstić information content (AvgIpc) is 2.96. The van der Waals surface area contributed by atoms with Crippen LogP contribution in [-0.4, -0.2) is 16.5 Å². The van der Waals surface area contributed by atoms with Crippen LogP contribution < -0.4 is 5.32 Å². The number of rotatable bonds is 4. The highest BCUT2D eigenvalue weighted by Crippen LogP contribution is 2.48. The molecule has 0 bridgehead atoms. The first-order chi connectivity index (χ1) is 6.74. The Balaban J connectivity index is 1.92. The number of hydrogen-bond donors (Lipinski definition) is 1. The molecule has 0 aromatic carbocycles. The number of halogens is 1. The van der Waals surface area contributed by atoms with Gasteiger partial charge in [0.25, 0.3) is 0 Å². The third-order valence-corrected chi connectivity index (χ3v) is 2.99. The Bertz CT molecular complexity index is 323. The summed E-state index contributed by atoms with van der Waals surface area (Å²) in [6.07, 6.45) is 4.95.